The van der Waals surface area contributed by atoms with E-state index in [0.717, 1.165) is 25.7 Å². The first-order valence-corrected chi connectivity index (χ1v) is 10.8. The molecule has 2 heterocycles. The van der Waals surface area contributed by atoms with Crippen molar-refractivity contribution in [1.82, 2.24) is 9.80 Å². The molecule has 2 amide bonds. The molecule has 8 heteroatoms. The van der Waals surface area contributed by atoms with E-state index in [9.17, 15) is 14.4 Å². The van der Waals surface area contributed by atoms with E-state index in [0.29, 0.717) is 17.4 Å². The van der Waals surface area contributed by atoms with E-state index in [4.69, 9.17) is 9.15 Å². The third-order valence-electron chi connectivity index (χ3n) is 5.69. The van der Waals surface area contributed by atoms with Crippen molar-refractivity contribution in [2.24, 2.45) is 5.92 Å². The first kappa shape index (κ1) is 20.8. The average Bonchev–Trinajstić information content (AvgIpc) is 3.35. The Balaban J connectivity index is 1.55. The van der Waals surface area contributed by atoms with Gasteiger partial charge in [-0.05, 0) is 43.7 Å². The zero-order chi connectivity index (χ0) is 20.3. The summed E-state index contributed by atoms with van der Waals surface area (Å²) in [6.07, 6.45) is 5.74. The number of furan rings is 1. The van der Waals surface area contributed by atoms with Gasteiger partial charge in [0.25, 0.3) is 5.91 Å². The molecular formula is C20H28N2O5S. The molecule has 0 bridgehead atoms. The van der Waals surface area contributed by atoms with Gasteiger partial charge in [-0.1, -0.05) is 6.92 Å². The fourth-order valence-corrected chi connectivity index (χ4v) is 5.30. The molecule has 2 aliphatic rings. The first-order chi connectivity index (χ1) is 13.4. The highest BCUT2D eigenvalue weighted by atomic mass is 32.2. The highest BCUT2D eigenvalue weighted by Gasteiger charge is 2.43. The lowest BCUT2D eigenvalue weighted by Gasteiger charge is -2.33. The van der Waals surface area contributed by atoms with E-state index in [1.807, 2.05) is 0 Å². The Bertz CT molecular complexity index is 699. The molecular weight excluding hydrogens is 380 g/mol. The van der Waals surface area contributed by atoms with Gasteiger partial charge < -0.3 is 19.0 Å². The smallest absolute Gasteiger partial charge is 0.330 e. The lowest BCUT2D eigenvalue weighted by molar-refractivity contribution is -0.158. The molecule has 2 fully saturated rings. The molecule has 1 aliphatic carbocycles. The number of esters is 1. The van der Waals surface area contributed by atoms with Crippen molar-refractivity contribution in [2.45, 2.75) is 57.0 Å². The molecule has 0 radical (unpaired) electrons. The maximum absolute atomic E-state index is 12.6. The van der Waals surface area contributed by atoms with E-state index in [1.54, 1.807) is 30.3 Å². The van der Waals surface area contributed by atoms with E-state index in [2.05, 4.69) is 6.92 Å². The number of amides is 2. The summed E-state index contributed by atoms with van der Waals surface area (Å²) in [7, 11) is 1.77. The largest absolute Gasteiger partial charge is 0.466 e. The lowest BCUT2D eigenvalue weighted by Crippen LogP contribution is -2.45. The van der Waals surface area contributed by atoms with Crippen LogP contribution in [0.3, 0.4) is 0 Å². The zero-order valence-electron chi connectivity index (χ0n) is 16.6. The Morgan fingerprint density at radius 2 is 2.00 bits per heavy atom. The summed E-state index contributed by atoms with van der Waals surface area (Å²) in [5.41, 5.74) is 0. The number of hydrogen-bond donors (Lipinski definition) is 0. The van der Waals surface area contributed by atoms with Crippen LogP contribution in [0.25, 0.3) is 0 Å². The number of ether oxygens (including phenoxy) is 1. The number of nitrogens with zero attached hydrogens (tertiary/aromatic N) is 2. The summed E-state index contributed by atoms with van der Waals surface area (Å²) in [4.78, 5) is 40.4. The van der Waals surface area contributed by atoms with Crippen LogP contribution in [0.15, 0.2) is 22.8 Å². The molecule has 0 aromatic carbocycles. The van der Waals surface area contributed by atoms with Crippen molar-refractivity contribution in [1.29, 1.82) is 0 Å². The lowest BCUT2D eigenvalue weighted by atomic mass is 9.87. The second kappa shape index (κ2) is 9.03. The quantitative estimate of drug-likeness (QED) is 0.697. The molecule has 0 N–H and O–H groups in total. The Kier molecular flexibility index (Phi) is 6.69. The minimum absolute atomic E-state index is 0.199. The standard InChI is InChI=1S/C20H28N2O5S/c1-13-6-8-15(9-7-13)21(3)18(24)11-27-20(25)16-12-28-19(22(16)14(2)23)17-5-4-10-26-17/h4-5,10,13,15-16,19H,6-9,11-12H2,1-3H3/t13?,15?,16-,19+/m1/s1. The van der Waals surface area contributed by atoms with E-state index < -0.39 is 12.0 Å². The molecule has 1 aliphatic heterocycles. The van der Waals surface area contributed by atoms with Gasteiger partial charge in [0, 0.05) is 25.8 Å². The highest BCUT2D eigenvalue weighted by Crippen LogP contribution is 2.41. The van der Waals surface area contributed by atoms with Gasteiger partial charge in [-0.3, -0.25) is 9.59 Å². The van der Waals surface area contributed by atoms with Crippen molar-refractivity contribution >= 4 is 29.5 Å². The van der Waals surface area contributed by atoms with Gasteiger partial charge in [0.2, 0.25) is 5.91 Å². The van der Waals surface area contributed by atoms with Crippen molar-refractivity contribution in [3.63, 3.8) is 0 Å². The summed E-state index contributed by atoms with van der Waals surface area (Å²) in [5.74, 6) is 0.767. The van der Waals surface area contributed by atoms with Gasteiger partial charge >= 0.3 is 5.97 Å². The highest BCUT2D eigenvalue weighted by molar-refractivity contribution is 7.99. The predicted octanol–water partition coefficient (Wildman–Crippen LogP) is 2.82. The maximum Gasteiger partial charge on any atom is 0.330 e. The van der Waals surface area contributed by atoms with Crippen molar-refractivity contribution in [2.75, 3.05) is 19.4 Å². The number of likely N-dealkylation sites (N-methyl/N-ethyl adjacent to an activating group) is 1. The van der Waals surface area contributed by atoms with Gasteiger partial charge in [-0.2, -0.15) is 0 Å². The van der Waals surface area contributed by atoms with E-state index >= 15 is 0 Å². The summed E-state index contributed by atoms with van der Waals surface area (Å²) in [5, 5.41) is -0.354. The van der Waals surface area contributed by atoms with E-state index in [1.165, 1.54) is 23.6 Å². The molecule has 7 nitrogen and oxygen atoms in total. The predicted molar refractivity (Wildman–Crippen MR) is 105 cm³/mol. The van der Waals surface area contributed by atoms with Crippen LogP contribution < -0.4 is 0 Å². The van der Waals surface area contributed by atoms with Crippen LogP contribution in [0.4, 0.5) is 0 Å². The molecule has 0 spiro atoms. The van der Waals surface area contributed by atoms with Crippen molar-refractivity contribution < 1.29 is 23.5 Å². The Morgan fingerprint density at radius 1 is 1.29 bits per heavy atom. The third kappa shape index (κ3) is 4.54. The molecule has 1 saturated carbocycles. The van der Waals surface area contributed by atoms with Crippen LogP contribution in [0, 0.1) is 5.92 Å². The number of rotatable bonds is 5. The van der Waals surface area contributed by atoms with Gasteiger partial charge in [0.1, 0.15) is 17.2 Å². The molecule has 1 aromatic heterocycles. The Morgan fingerprint density at radius 3 is 2.61 bits per heavy atom. The third-order valence-corrected chi connectivity index (χ3v) is 6.97. The number of carbonyl (C=O) groups is 3. The minimum Gasteiger partial charge on any atom is -0.466 e. The molecule has 1 saturated heterocycles. The molecule has 154 valence electrons. The number of carbonyl (C=O) groups excluding carboxylic acids is 3. The summed E-state index contributed by atoms with van der Waals surface area (Å²) >= 11 is 1.45. The van der Waals surface area contributed by atoms with Gasteiger partial charge in [-0.25, -0.2) is 4.79 Å². The SMILES string of the molecule is CC(=O)N1[C@@H](C(=O)OCC(=O)N(C)C2CCC(C)CC2)CS[C@H]1c1ccco1. The molecule has 0 unspecified atom stereocenters. The summed E-state index contributed by atoms with van der Waals surface area (Å²) < 4.78 is 10.7. The normalized spacial score (nSPS) is 27.5. The summed E-state index contributed by atoms with van der Waals surface area (Å²) in [6, 6.07) is 3.03. The van der Waals surface area contributed by atoms with Gasteiger partial charge in [-0.15, -0.1) is 11.8 Å². The van der Waals surface area contributed by atoms with Crippen LogP contribution >= 0.6 is 11.8 Å². The van der Waals surface area contributed by atoms with Crippen LogP contribution in [0.5, 0.6) is 0 Å². The van der Waals surface area contributed by atoms with E-state index in [-0.39, 0.29) is 29.8 Å². The molecule has 28 heavy (non-hydrogen) atoms. The van der Waals surface area contributed by atoms with Crippen LogP contribution in [0.1, 0.15) is 50.7 Å². The molecule has 1 aromatic rings. The topological polar surface area (TPSA) is 80.1 Å². The Labute approximate surface area is 169 Å². The van der Waals surface area contributed by atoms with Crippen LogP contribution in [0.2, 0.25) is 0 Å². The van der Waals surface area contributed by atoms with Crippen LogP contribution in [-0.2, 0) is 19.1 Å². The summed E-state index contributed by atoms with van der Waals surface area (Å²) in [6.45, 7) is 3.36. The maximum atomic E-state index is 12.6. The van der Waals surface area contributed by atoms with Crippen molar-refractivity contribution in [3.05, 3.63) is 24.2 Å². The fraction of sp³-hybridized carbons (Fsp3) is 0.650. The average molecular weight is 409 g/mol. The van der Waals surface area contributed by atoms with Crippen LogP contribution in [-0.4, -0.2) is 59.1 Å². The Hall–Kier alpha value is -1.96. The monoisotopic (exact) mass is 408 g/mol. The second-order valence-corrected chi connectivity index (χ2v) is 8.78. The van der Waals surface area contributed by atoms with Gasteiger partial charge in [0.15, 0.2) is 6.61 Å². The number of hydrogen-bond acceptors (Lipinski definition) is 6. The molecule has 2 atom stereocenters. The zero-order valence-corrected chi connectivity index (χ0v) is 17.4. The fourth-order valence-electron chi connectivity index (χ4n) is 3.89. The van der Waals surface area contributed by atoms with Crippen molar-refractivity contribution in [3.8, 4) is 0 Å². The number of thioether (sulfide) groups is 1. The minimum atomic E-state index is -0.716. The van der Waals surface area contributed by atoms with Gasteiger partial charge in [0.05, 0.1) is 6.26 Å². The second-order valence-electron chi connectivity index (χ2n) is 7.67. The first-order valence-electron chi connectivity index (χ1n) is 9.74. The molecule has 3 rings (SSSR count).